The van der Waals surface area contributed by atoms with Gasteiger partial charge in [0, 0.05) is 29.6 Å². The van der Waals surface area contributed by atoms with Crippen molar-refractivity contribution >= 4 is 23.8 Å². The number of nitrogens with one attached hydrogen (secondary N) is 1. The molecule has 2 rings (SSSR count). The topological polar surface area (TPSA) is 69.6 Å². The van der Waals surface area contributed by atoms with Crippen LogP contribution in [0.5, 0.6) is 0 Å². The maximum absolute atomic E-state index is 12.3. The number of carboxylic acids is 1. The Bertz CT molecular complexity index is 359. The van der Waals surface area contributed by atoms with Crippen LogP contribution in [0.15, 0.2) is 0 Å². The average Bonchev–Trinajstić information content (AvgIpc) is 2.38. The van der Waals surface area contributed by atoms with E-state index in [2.05, 4.69) is 19.2 Å². The van der Waals surface area contributed by atoms with Gasteiger partial charge in [0.25, 0.3) is 0 Å². The van der Waals surface area contributed by atoms with Crippen LogP contribution in [0.1, 0.15) is 39.5 Å². The number of carbonyl (C=O) groups is 2. The molecule has 2 fully saturated rings. The summed E-state index contributed by atoms with van der Waals surface area (Å²) in [7, 11) is 0. The van der Waals surface area contributed by atoms with Gasteiger partial charge in [-0.3, -0.25) is 4.79 Å². The van der Waals surface area contributed by atoms with Crippen molar-refractivity contribution in [1.29, 1.82) is 0 Å². The molecule has 0 radical (unpaired) electrons. The summed E-state index contributed by atoms with van der Waals surface area (Å²) in [6.07, 6.45) is 2.89. The summed E-state index contributed by atoms with van der Waals surface area (Å²) in [6.45, 7) is 5.90. The fourth-order valence-electron chi connectivity index (χ4n) is 3.09. The van der Waals surface area contributed by atoms with Crippen molar-refractivity contribution in [1.82, 2.24) is 10.2 Å². The highest BCUT2D eigenvalue weighted by Crippen LogP contribution is 2.26. The zero-order valence-electron chi connectivity index (χ0n) is 12.2. The second-order valence-electron chi connectivity index (χ2n) is 6.00. The third-order valence-electron chi connectivity index (χ3n) is 4.11. The Hall–Kier alpha value is -0.910. The van der Waals surface area contributed by atoms with Gasteiger partial charge in [0.15, 0.2) is 0 Å². The van der Waals surface area contributed by atoms with E-state index in [9.17, 15) is 9.59 Å². The number of rotatable bonds is 2. The Kier molecular flexibility index (Phi) is 5.18. The van der Waals surface area contributed by atoms with Crippen LogP contribution in [0.2, 0.25) is 0 Å². The van der Waals surface area contributed by atoms with E-state index < -0.39 is 5.97 Å². The molecular weight excluding hydrogens is 276 g/mol. The minimum Gasteiger partial charge on any atom is -0.481 e. The summed E-state index contributed by atoms with van der Waals surface area (Å²) < 4.78 is 0. The van der Waals surface area contributed by atoms with Crippen LogP contribution in [-0.4, -0.2) is 51.6 Å². The van der Waals surface area contributed by atoms with Crippen LogP contribution in [0.4, 0.5) is 4.79 Å². The maximum atomic E-state index is 12.3. The molecule has 5 nitrogen and oxygen atoms in total. The number of aliphatic carboxylic acids is 1. The maximum Gasteiger partial charge on any atom is 0.317 e. The molecule has 0 aromatic heterocycles. The Morgan fingerprint density at radius 1 is 1.10 bits per heavy atom. The van der Waals surface area contributed by atoms with Crippen molar-refractivity contribution in [2.45, 2.75) is 56.1 Å². The second-order valence-corrected chi connectivity index (χ2v) is 7.88. The molecule has 2 N–H and O–H groups in total. The molecule has 2 amide bonds. The van der Waals surface area contributed by atoms with Crippen LogP contribution in [0.3, 0.4) is 0 Å². The standard InChI is InChI=1S/C14H24N2O3S/c1-9-7-16(8-10(2)20-9)14(19)15-12-5-3-11(4-6-12)13(17)18/h9-12H,3-8H2,1-2H3,(H,15,19)(H,17,18). The molecule has 20 heavy (non-hydrogen) atoms. The second kappa shape index (κ2) is 6.70. The van der Waals surface area contributed by atoms with E-state index in [0.29, 0.717) is 23.3 Å². The normalized spacial score (nSPS) is 34.6. The van der Waals surface area contributed by atoms with E-state index in [1.807, 2.05) is 16.7 Å². The smallest absolute Gasteiger partial charge is 0.317 e. The average molecular weight is 300 g/mol. The van der Waals surface area contributed by atoms with E-state index in [0.717, 1.165) is 25.9 Å². The van der Waals surface area contributed by atoms with Crippen LogP contribution in [0.25, 0.3) is 0 Å². The molecule has 6 heteroatoms. The molecular formula is C14H24N2O3S. The number of nitrogens with zero attached hydrogens (tertiary/aromatic N) is 1. The number of hydrogen-bond acceptors (Lipinski definition) is 3. The first-order valence-electron chi connectivity index (χ1n) is 7.39. The molecule has 0 spiro atoms. The molecule has 0 aromatic rings. The number of urea groups is 1. The molecule has 1 saturated heterocycles. The van der Waals surface area contributed by atoms with Crippen molar-refractivity contribution in [3.8, 4) is 0 Å². The largest absolute Gasteiger partial charge is 0.481 e. The van der Waals surface area contributed by atoms with Crippen molar-refractivity contribution in [2.75, 3.05) is 13.1 Å². The first-order valence-corrected chi connectivity index (χ1v) is 8.33. The Labute approximate surface area is 124 Å². The van der Waals surface area contributed by atoms with Crippen molar-refractivity contribution < 1.29 is 14.7 Å². The number of carboxylic acid groups (broad SMARTS) is 1. The summed E-state index contributed by atoms with van der Waals surface area (Å²) in [5.41, 5.74) is 0. The van der Waals surface area contributed by atoms with Gasteiger partial charge >= 0.3 is 12.0 Å². The van der Waals surface area contributed by atoms with E-state index >= 15 is 0 Å². The molecule has 1 heterocycles. The molecule has 1 aliphatic heterocycles. The molecule has 1 aliphatic carbocycles. The Balaban J connectivity index is 1.79. The number of hydrogen-bond donors (Lipinski definition) is 2. The number of amides is 2. The predicted molar refractivity (Wildman–Crippen MR) is 80.0 cm³/mol. The van der Waals surface area contributed by atoms with Gasteiger partial charge in [-0.25, -0.2) is 4.79 Å². The van der Waals surface area contributed by atoms with Crippen molar-refractivity contribution in [3.63, 3.8) is 0 Å². The monoisotopic (exact) mass is 300 g/mol. The van der Waals surface area contributed by atoms with Gasteiger partial charge in [0.1, 0.15) is 0 Å². The zero-order valence-corrected chi connectivity index (χ0v) is 13.0. The summed E-state index contributed by atoms with van der Waals surface area (Å²) in [5.74, 6) is -0.930. The molecule has 2 unspecified atom stereocenters. The van der Waals surface area contributed by atoms with Gasteiger partial charge < -0.3 is 15.3 Å². The summed E-state index contributed by atoms with van der Waals surface area (Å²) in [6, 6.07) is 0.154. The minimum absolute atomic E-state index is 0.0165. The van der Waals surface area contributed by atoms with Crippen LogP contribution < -0.4 is 5.32 Å². The van der Waals surface area contributed by atoms with E-state index in [1.54, 1.807) is 0 Å². The van der Waals surface area contributed by atoms with Crippen LogP contribution in [-0.2, 0) is 4.79 Å². The van der Waals surface area contributed by atoms with Gasteiger partial charge in [-0.15, -0.1) is 0 Å². The van der Waals surface area contributed by atoms with Crippen LogP contribution >= 0.6 is 11.8 Å². The highest BCUT2D eigenvalue weighted by atomic mass is 32.2. The Morgan fingerprint density at radius 2 is 1.65 bits per heavy atom. The molecule has 2 aliphatic rings. The lowest BCUT2D eigenvalue weighted by Gasteiger charge is -2.36. The first kappa shape index (κ1) is 15.5. The third-order valence-corrected chi connectivity index (χ3v) is 5.34. The molecule has 0 bridgehead atoms. The Morgan fingerprint density at radius 3 is 2.15 bits per heavy atom. The summed E-state index contributed by atoms with van der Waals surface area (Å²) in [4.78, 5) is 25.1. The molecule has 0 aromatic carbocycles. The quantitative estimate of drug-likeness (QED) is 0.820. The lowest BCUT2D eigenvalue weighted by Crippen LogP contribution is -2.51. The van der Waals surface area contributed by atoms with Gasteiger partial charge in [-0.1, -0.05) is 13.8 Å². The first-order chi connectivity index (χ1) is 9.45. The van der Waals surface area contributed by atoms with Crippen molar-refractivity contribution in [2.24, 2.45) is 5.92 Å². The fraction of sp³-hybridized carbons (Fsp3) is 0.857. The summed E-state index contributed by atoms with van der Waals surface area (Å²) in [5, 5.41) is 13.0. The minimum atomic E-state index is -0.703. The zero-order chi connectivity index (χ0) is 14.7. The highest BCUT2D eigenvalue weighted by Gasteiger charge is 2.30. The fourth-order valence-corrected chi connectivity index (χ4v) is 4.42. The van der Waals surface area contributed by atoms with Crippen LogP contribution in [0, 0.1) is 5.92 Å². The van der Waals surface area contributed by atoms with E-state index in [-0.39, 0.29) is 18.0 Å². The van der Waals surface area contributed by atoms with E-state index in [4.69, 9.17) is 5.11 Å². The lowest BCUT2D eigenvalue weighted by atomic mass is 9.86. The number of carbonyl (C=O) groups excluding carboxylic acids is 1. The summed E-state index contributed by atoms with van der Waals surface area (Å²) >= 11 is 1.92. The highest BCUT2D eigenvalue weighted by molar-refractivity contribution is 8.00. The van der Waals surface area contributed by atoms with Crippen molar-refractivity contribution in [3.05, 3.63) is 0 Å². The number of thioether (sulfide) groups is 1. The SMILES string of the molecule is CC1CN(C(=O)NC2CCC(C(=O)O)CC2)CC(C)S1. The van der Waals surface area contributed by atoms with Gasteiger partial charge in [0.05, 0.1) is 5.92 Å². The third kappa shape index (κ3) is 4.04. The molecule has 1 saturated carbocycles. The molecule has 2 atom stereocenters. The van der Waals surface area contributed by atoms with Gasteiger partial charge in [0.2, 0.25) is 0 Å². The van der Waals surface area contributed by atoms with Gasteiger partial charge in [-0.05, 0) is 25.7 Å². The van der Waals surface area contributed by atoms with Gasteiger partial charge in [-0.2, -0.15) is 11.8 Å². The van der Waals surface area contributed by atoms with E-state index in [1.165, 1.54) is 0 Å². The predicted octanol–water partition coefficient (Wildman–Crippen LogP) is 2.17. The lowest BCUT2D eigenvalue weighted by molar-refractivity contribution is -0.142. The molecule has 114 valence electrons.